The van der Waals surface area contributed by atoms with Crippen LogP contribution in [0.3, 0.4) is 0 Å². The van der Waals surface area contributed by atoms with Gasteiger partial charge in [0.2, 0.25) is 0 Å². The van der Waals surface area contributed by atoms with E-state index in [1.165, 1.54) is 0 Å². The molecule has 2 aromatic rings. The number of carbonyl (C=O) groups is 1. The molecule has 0 spiro atoms. The molecule has 0 bridgehead atoms. The van der Waals surface area contributed by atoms with Crippen molar-refractivity contribution in [3.05, 3.63) is 59.2 Å². The van der Waals surface area contributed by atoms with Gasteiger partial charge in [-0.25, -0.2) is 4.79 Å². The molecule has 0 radical (unpaired) electrons. The van der Waals surface area contributed by atoms with E-state index in [-0.39, 0.29) is 6.61 Å². The first-order chi connectivity index (χ1) is 11.2. The van der Waals surface area contributed by atoms with Gasteiger partial charge in [0, 0.05) is 6.54 Å². The van der Waals surface area contributed by atoms with E-state index in [9.17, 15) is 4.79 Å². The summed E-state index contributed by atoms with van der Waals surface area (Å²) in [4.78, 5) is 11.8. The minimum Gasteiger partial charge on any atom is -0.486 e. The van der Waals surface area contributed by atoms with Crippen LogP contribution < -0.4 is 14.8 Å². The zero-order chi connectivity index (χ0) is 16.1. The highest BCUT2D eigenvalue weighted by atomic mass is 16.6. The zero-order valence-corrected chi connectivity index (χ0v) is 13.0. The van der Waals surface area contributed by atoms with E-state index >= 15 is 0 Å². The van der Waals surface area contributed by atoms with Crippen molar-refractivity contribution in [1.29, 1.82) is 0 Å². The Morgan fingerprint density at radius 1 is 1.13 bits per heavy atom. The highest BCUT2D eigenvalue weighted by Gasteiger charge is 2.14. The molecule has 0 aromatic heterocycles. The van der Waals surface area contributed by atoms with Gasteiger partial charge in [0.15, 0.2) is 11.5 Å². The molecule has 3 rings (SSSR count). The van der Waals surface area contributed by atoms with Gasteiger partial charge in [0.1, 0.15) is 19.8 Å². The average Bonchev–Trinajstić information content (AvgIpc) is 2.59. The molecular formula is C18H19NO4. The molecule has 1 aliphatic heterocycles. The Labute approximate surface area is 135 Å². The van der Waals surface area contributed by atoms with Crippen LogP contribution in [0.4, 0.5) is 4.79 Å². The van der Waals surface area contributed by atoms with E-state index in [0.29, 0.717) is 19.8 Å². The smallest absolute Gasteiger partial charge is 0.407 e. The molecule has 5 nitrogen and oxygen atoms in total. The van der Waals surface area contributed by atoms with Crippen molar-refractivity contribution in [2.45, 2.75) is 20.1 Å². The van der Waals surface area contributed by atoms with Crippen molar-refractivity contribution < 1.29 is 19.0 Å². The Kier molecular flexibility index (Phi) is 4.66. The third-order valence-corrected chi connectivity index (χ3v) is 3.64. The highest BCUT2D eigenvalue weighted by molar-refractivity contribution is 5.67. The topological polar surface area (TPSA) is 56.8 Å². The quantitative estimate of drug-likeness (QED) is 0.942. The maximum absolute atomic E-state index is 11.8. The van der Waals surface area contributed by atoms with Crippen LogP contribution >= 0.6 is 0 Å². The summed E-state index contributed by atoms with van der Waals surface area (Å²) in [5.41, 5.74) is 2.97. The van der Waals surface area contributed by atoms with Crippen molar-refractivity contribution in [3.8, 4) is 11.5 Å². The lowest BCUT2D eigenvalue weighted by Gasteiger charge is -2.20. The van der Waals surface area contributed by atoms with Gasteiger partial charge in [0.25, 0.3) is 0 Å². The van der Waals surface area contributed by atoms with Crippen LogP contribution in [0.1, 0.15) is 16.7 Å². The summed E-state index contributed by atoms with van der Waals surface area (Å²) in [6, 6.07) is 13.4. The standard InChI is InChI=1S/C18H19NO4/c1-13-9-16-17(22-8-7-21-16)10-15(13)11-19-18(20)23-12-14-5-3-2-4-6-14/h2-6,9-10H,7-8,11-12H2,1H3,(H,19,20). The average molecular weight is 313 g/mol. The Hall–Kier alpha value is -2.69. The Bertz CT molecular complexity index is 685. The van der Waals surface area contributed by atoms with Crippen LogP contribution in [0.5, 0.6) is 11.5 Å². The van der Waals surface area contributed by atoms with E-state index in [4.69, 9.17) is 14.2 Å². The van der Waals surface area contributed by atoms with E-state index in [0.717, 1.165) is 28.2 Å². The molecule has 1 amide bonds. The number of alkyl carbamates (subject to hydrolysis) is 1. The van der Waals surface area contributed by atoms with Crippen molar-refractivity contribution >= 4 is 6.09 Å². The molecule has 5 heteroatoms. The van der Waals surface area contributed by atoms with Gasteiger partial charge in [-0.1, -0.05) is 30.3 Å². The van der Waals surface area contributed by atoms with Crippen LogP contribution in [0.2, 0.25) is 0 Å². The van der Waals surface area contributed by atoms with Gasteiger partial charge in [-0.05, 0) is 35.7 Å². The largest absolute Gasteiger partial charge is 0.486 e. The van der Waals surface area contributed by atoms with E-state index in [2.05, 4.69) is 5.32 Å². The van der Waals surface area contributed by atoms with Crippen molar-refractivity contribution in [2.24, 2.45) is 0 Å². The van der Waals surface area contributed by atoms with Crippen molar-refractivity contribution in [2.75, 3.05) is 13.2 Å². The number of aryl methyl sites for hydroxylation is 1. The molecule has 1 N–H and O–H groups in total. The third kappa shape index (κ3) is 3.94. The van der Waals surface area contributed by atoms with Crippen molar-refractivity contribution in [1.82, 2.24) is 5.32 Å². The molecule has 1 heterocycles. The summed E-state index contributed by atoms with van der Waals surface area (Å²) in [5.74, 6) is 1.47. The Morgan fingerprint density at radius 3 is 2.57 bits per heavy atom. The van der Waals surface area contributed by atoms with Crippen LogP contribution in [0.15, 0.2) is 42.5 Å². The molecule has 0 saturated carbocycles. The monoisotopic (exact) mass is 313 g/mol. The summed E-state index contributed by atoms with van der Waals surface area (Å²) >= 11 is 0. The molecule has 0 aliphatic carbocycles. The summed E-state index contributed by atoms with van der Waals surface area (Å²) in [5, 5.41) is 2.76. The first-order valence-corrected chi connectivity index (χ1v) is 7.56. The number of rotatable bonds is 4. The summed E-state index contributed by atoms with van der Waals surface area (Å²) in [6.45, 7) is 3.73. The fourth-order valence-corrected chi connectivity index (χ4v) is 2.36. The first kappa shape index (κ1) is 15.2. The molecule has 0 fully saturated rings. The van der Waals surface area contributed by atoms with E-state index in [1.54, 1.807) is 0 Å². The molecule has 0 atom stereocenters. The maximum Gasteiger partial charge on any atom is 0.407 e. The molecule has 23 heavy (non-hydrogen) atoms. The van der Waals surface area contributed by atoms with Crippen LogP contribution in [-0.4, -0.2) is 19.3 Å². The molecule has 1 aliphatic rings. The first-order valence-electron chi connectivity index (χ1n) is 7.56. The second kappa shape index (κ2) is 7.05. The SMILES string of the molecule is Cc1cc2c(cc1CNC(=O)OCc1ccccc1)OCCO2. The van der Waals surface area contributed by atoms with Gasteiger partial charge >= 0.3 is 6.09 Å². The Morgan fingerprint density at radius 2 is 1.83 bits per heavy atom. The minimum absolute atomic E-state index is 0.257. The summed E-state index contributed by atoms with van der Waals surface area (Å²) < 4.78 is 16.3. The normalized spacial score (nSPS) is 12.6. The summed E-state index contributed by atoms with van der Waals surface area (Å²) in [6.07, 6.45) is -0.442. The van der Waals surface area contributed by atoms with Crippen LogP contribution in [0.25, 0.3) is 0 Å². The zero-order valence-electron chi connectivity index (χ0n) is 13.0. The fourth-order valence-electron chi connectivity index (χ4n) is 2.36. The number of ether oxygens (including phenoxy) is 3. The van der Waals surface area contributed by atoms with Gasteiger partial charge in [0.05, 0.1) is 0 Å². The predicted molar refractivity (Wildman–Crippen MR) is 85.6 cm³/mol. The van der Waals surface area contributed by atoms with Crippen molar-refractivity contribution in [3.63, 3.8) is 0 Å². The highest BCUT2D eigenvalue weighted by Crippen LogP contribution is 2.32. The van der Waals surface area contributed by atoms with E-state index in [1.807, 2.05) is 49.4 Å². The van der Waals surface area contributed by atoms with E-state index < -0.39 is 6.09 Å². The van der Waals surface area contributed by atoms with Crippen LogP contribution in [0, 0.1) is 6.92 Å². The second-order valence-electron chi connectivity index (χ2n) is 5.34. The molecule has 0 unspecified atom stereocenters. The fraction of sp³-hybridized carbons (Fsp3) is 0.278. The minimum atomic E-state index is -0.442. The maximum atomic E-state index is 11.8. The summed E-state index contributed by atoms with van der Waals surface area (Å²) in [7, 11) is 0. The number of benzene rings is 2. The number of fused-ring (bicyclic) bond motifs is 1. The van der Waals surface area contributed by atoms with Gasteiger partial charge in [-0.3, -0.25) is 0 Å². The second-order valence-corrected chi connectivity index (χ2v) is 5.34. The molecular weight excluding hydrogens is 294 g/mol. The number of hydrogen-bond donors (Lipinski definition) is 1. The Balaban J connectivity index is 1.54. The van der Waals surface area contributed by atoms with Crippen LogP contribution in [-0.2, 0) is 17.9 Å². The number of hydrogen-bond acceptors (Lipinski definition) is 4. The number of carbonyl (C=O) groups excluding carboxylic acids is 1. The number of amides is 1. The molecule has 120 valence electrons. The van der Waals surface area contributed by atoms with Gasteiger partial charge in [-0.15, -0.1) is 0 Å². The number of nitrogens with one attached hydrogen (secondary N) is 1. The molecule has 0 saturated heterocycles. The molecule has 2 aromatic carbocycles. The lowest BCUT2D eigenvalue weighted by molar-refractivity contribution is 0.139. The lowest BCUT2D eigenvalue weighted by atomic mass is 10.1. The lowest BCUT2D eigenvalue weighted by Crippen LogP contribution is -2.24. The predicted octanol–water partition coefficient (Wildman–Crippen LogP) is 3.19. The van der Waals surface area contributed by atoms with Gasteiger partial charge in [-0.2, -0.15) is 0 Å². The van der Waals surface area contributed by atoms with Gasteiger partial charge < -0.3 is 19.5 Å². The third-order valence-electron chi connectivity index (χ3n) is 3.64.